The number of hydrogen-bond acceptors (Lipinski definition) is 3. The molecule has 4 saturated carbocycles. The van der Waals surface area contributed by atoms with Crippen molar-refractivity contribution in [3.05, 3.63) is 52.9 Å². The second kappa shape index (κ2) is 9.63. The summed E-state index contributed by atoms with van der Waals surface area (Å²) < 4.78 is 20.2. The Morgan fingerprint density at radius 1 is 0.976 bits per heavy atom. The summed E-state index contributed by atoms with van der Waals surface area (Å²) in [7, 11) is 1.39. The molecule has 4 heteroatoms. The first kappa shape index (κ1) is 29.8. The Hall–Kier alpha value is -2.23. The van der Waals surface area contributed by atoms with Gasteiger partial charge in [-0.15, -0.1) is 0 Å². The van der Waals surface area contributed by atoms with Crippen LogP contribution in [0.4, 0.5) is 4.39 Å². The van der Waals surface area contributed by atoms with Crippen LogP contribution in [0, 0.1) is 62.5 Å². The van der Waals surface area contributed by atoms with Crippen molar-refractivity contribution in [1.82, 2.24) is 0 Å². The van der Waals surface area contributed by atoms with Gasteiger partial charge in [-0.05, 0) is 127 Å². The van der Waals surface area contributed by atoms with Crippen LogP contribution in [0.3, 0.4) is 0 Å². The molecule has 5 aliphatic rings. The fraction of sp³-hybridized carbons (Fsp3) is 0.684. The maximum absolute atomic E-state index is 14.9. The second-order valence-corrected chi connectivity index (χ2v) is 16.2. The van der Waals surface area contributed by atoms with E-state index in [-0.39, 0.29) is 33.8 Å². The van der Waals surface area contributed by atoms with E-state index < -0.39 is 11.4 Å². The van der Waals surface area contributed by atoms with Crippen LogP contribution in [0.15, 0.2) is 41.5 Å². The summed E-state index contributed by atoms with van der Waals surface area (Å²) in [6, 6.07) is 6.60. The zero-order valence-electron chi connectivity index (χ0n) is 27.1. The number of halogens is 1. The third kappa shape index (κ3) is 3.75. The van der Waals surface area contributed by atoms with E-state index in [2.05, 4.69) is 47.6 Å². The Balaban J connectivity index is 1.49. The molecule has 42 heavy (non-hydrogen) atoms. The lowest BCUT2D eigenvalue weighted by molar-refractivity contribution is -0.192. The number of allylic oxidation sites excluding steroid dienone is 3. The van der Waals surface area contributed by atoms with E-state index >= 15 is 0 Å². The molecule has 0 aliphatic heterocycles. The van der Waals surface area contributed by atoms with E-state index in [1.165, 1.54) is 38.9 Å². The Kier molecular flexibility index (Phi) is 6.84. The maximum Gasteiger partial charge on any atom is 0.319 e. The molecule has 0 bridgehead atoms. The van der Waals surface area contributed by atoms with Crippen molar-refractivity contribution in [3.63, 3.8) is 0 Å². The largest absolute Gasteiger partial charge is 0.468 e. The second-order valence-electron chi connectivity index (χ2n) is 16.2. The van der Waals surface area contributed by atoms with E-state index in [9.17, 15) is 14.0 Å². The van der Waals surface area contributed by atoms with Gasteiger partial charge in [0.1, 0.15) is 11.2 Å². The maximum atomic E-state index is 14.9. The molecule has 3 nitrogen and oxygen atoms in total. The van der Waals surface area contributed by atoms with Gasteiger partial charge in [-0.1, -0.05) is 71.4 Å². The van der Waals surface area contributed by atoms with Gasteiger partial charge in [0.05, 0.1) is 7.11 Å². The third-order valence-electron chi connectivity index (χ3n) is 14.5. The average molecular weight is 575 g/mol. The fourth-order valence-electron chi connectivity index (χ4n) is 11.7. The van der Waals surface area contributed by atoms with Crippen molar-refractivity contribution < 1.29 is 18.7 Å². The van der Waals surface area contributed by atoms with E-state index in [1.54, 1.807) is 29.8 Å². The number of ether oxygens (including phenoxy) is 1. The SMILES string of the molecule is COC(=O)[C@@]1(C)C(=O)/C(=C/c2ccccc2F)C[C@]2(C)[C@H]3CC=C4[C@@H]5[C@@H](C)[C@H](C)CC[C@]5(C)CC[C@@]4(C)[C@]3(C)CC[C@@H]12. The highest BCUT2D eigenvalue weighted by molar-refractivity contribution is 6.15. The molecule has 5 aliphatic carbocycles. The van der Waals surface area contributed by atoms with Gasteiger partial charge in [0.25, 0.3) is 0 Å². The van der Waals surface area contributed by atoms with Gasteiger partial charge >= 0.3 is 5.97 Å². The van der Waals surface area contributed by atoms with Crippen LogP contribution < -0.4 is 0 Å². The van der Waals surface area contributed by atoms with Crippen molar-refractivity contribution in [1.29, 1.82) is 0 Å². The Labute approximate surface area is 252 Å². The van der Waals surface area contributed by atoms with Gasteiger partial charge in [0.2, 0.25) is 0 Å². The van der Waals surface area contributed by atoms with Crippen molar-refractivity contribution in [2.75, 3.05) is 7.11 Å². The fourth-order valence-corrected chi connectivity index (χ4v) is 11.7. The van der Waals surface area contributed by atoms with Crippen LogP contribution in [-0.4, -0.2) is 18.9 Å². The highest BCUT2D eigenvalue weighted by Gasteiger charge is 2.70. The van der Waals surface area contributed by atoms with Gasteiger partial charge in [-0.2, -0.15) is 0 Å². The number of carbonyl (C=O) groups is 2. The molecular formula is C38H51FO3. The van der Waals surface area contributed by atoms with E-state index in [0.717, 1.165) is 25.2 Å². The number of rotatable bonds is 2. The van der Waals surface area contributed by atoms with Crippen LogP contribution >= 0.6 is 0 Å². The lowest BCUT2D eigenvalue weighted by Gasteiger charge is -2.71. The van der Waals surface area contributed by atoms with Gasteiger partial charge in [-0.3, -0.25) is 9.59 Å². The Bertz CT molecular complexity index is 1380. The summed E-state index contributed by atoms with van der Waals surface area (Å²) in [5, 5.41) is 0. The molecule has 1 aromatic rings. The van der Waals surface area contributed by atoms with E-state index in [1.807, 2.05) is 6.92 Å². The lowest BCUT2D eigenvalue weighted by Crippen LogP contribution is -2.66. The molecule has 0 spiro atoms. The zero-order chi connectivity index (χ0) is 30.5. The predicted octanol–water partition coefficient (Wildman–Crippen LogP) is 9.22. The number of esters is 1. The molecule has 0 unspecified atom stereocenters. The van der Waals surface area contributed by atoms with Gasteiger partial charge in [0, 0.05) is 5.56 Å². The summed E-state index contributed by atoms with van der Waals surface area (Å²) in [4.78, 5) is 27.8. The van der Waals surface area contributed by atoms with Crippen LogP contribution in [0.1, 0.15) is 105 Å². The highest BCUT2D eigenvalue weighted by Crippen LogP contribution is 2.75. The molecule has 4 fully saturated rings. The molecular weight excluding hydrogens is 523 g/mol. The minimum Gasteiger partial charge on any atom is -0.468 e. The van der Waals surface area contributed by atoms with Gasteiger partial charge in [-0.25, -0.2) is 4.39 Å². The van der Waals surface area contributed by atoms with Crippen LogP contribution in [0.2, 0.25) is 0 Å². The Morgan fingerprint density at radius 3 is 2.38 bits per heavy atom. The molecule has 0 aromatic heterocycles. The highest BCUT2D eigenvalue weighted by atomic mass is 19.1. The minimum atomic E-state index is -1.29. The Morgan fingerprint density at radius 2 is 1.69 bits per heavy atom. The summed E-state index contributed by atoms with van der Waals surface area (Å²) in [5.74, 6) is 1.21. The predicted molar refractivity (Wildman–Crippen MR) is 166 cm³/mol. The first-order valence-corrected chi connectivity index (χ1v) is 16.5. The summed E-state index contributed by atoms with van der Waals surface area (Å²) in [6.07, 6.45) is 12.8. The molecule has 228 valence electrons. The molecule has 0 heterocycles. The van der Waals surface area contributed by atoms with Gasteiger partial charge < -0.3 is 4.74 Å². The normalized spacial score (nSPS) is 47.5. The van der Waals surface area contributed by atoms with Crippen molar-refractivity contribution in [2.45, 2.75) is 99.8 Å². The third-order valence-corrected chi connectivity index (χ3v) is 14.5. The van der Waals surface area contributed by atoms with Crippen molar-refractivity contribution in [2.24, 2.45) is 56.7 Å². The quantitative estimate of drug-likeness (QED) is 0.153. The van der Waals surface area contributed by atoms with E-state index in [4.69, 9.17) is 4.74 Å². The monoisotopic (exact) mass is 574 g/mol. The lowest BCUT2D eigenvalue weighted by atomic mass is 9.33. The van der Waals surface area contributed by atoms with Crippen LogP contribution in [-0.2, 0) is 14.3 Å². The van der Waals surface area contributed by atoms with Crippen molar-refractivity contribution >= 4 is 17.8 Å². The summed E-state index contributed by atoms with van der Waals surface area (Å²) in [5.41, 5.74) is 1.57. The molecule has 0 amide bonds. The number of methoxy groups -OCH3 is 1. The van der Waals surface area contributed by atoms with E-state index in [0.29, 0.717) is 40.7 Å². The molecule has 1 aromatic carbocycles. The number of carbonyl (C=O) groups excluding carboxylic acids is 2. The standard InChI is InChI=1S/C38H51FO3/c1-23-15-17-34(3)19-20-36(5)27(31(34)24(23)2)13-14-29-35(4)22-26(21-25-11-9-10-12-28(25)39)32(40)38(7,33(41)42-8)30(35)16-18-37(29,36)6/h9-13,21,23-24,29-31H,14-20,22H2,1-8H3/b26-21+/t23-,24+,29-,30-,31+,34-,35-,36-,37-,38-/m1/s1. The number of benzene rings is 1. The molecule has 0 saturated heterocycles. The van der Waals surface area contributed by atoms with Gasteiger partial charge in [0.15, 0.2) is 5.78 Å². The number of Topliss-reactive ketones (excluding diaryl/α,β-unsaturated/α-hetero) is 1. The first-order chi connectivity index (χ1) is 19.7. The molecule has 10 atom stereocenters. The smallest absolute Gasteiger partial charge is 0.319 e. The van der Waals surface area contributed by atoms with Crippen LogP contribution in [0.5, 0.6) is 0 Å². The first-order valence-electron chi connectivity index (χ1n) is 16.5. The number of ketones is 1. The number of hydrogen-bond donors (Lipinski definition) is 0. The van der Waals surface area contributed by atoms with Crippen molar-refractivity contribution in [3.8, 4) is 0 Å². The minimum absolute atomic E-state index is 0.0462. The molecule has 0 radical (unpaired) electrons. The molecule has 6 rings (SSSR count). The topological polar surface area (TPSA) is 43.4 Å². The zero-order valence-corrected chi connectivity index (χ0v) is 27.1. The summed E-state index contributed by atoms with van der Waals surface area (Å²) >= 11 is 0. The number of fused-ring (bicyclic) bond motifs is 7. The molecule has 0 N–H and O–H groups in total. The summed E-state index contributed by atoms with van der Waals surface area (Å²) in [6.45, 7) is 16.8. The average Bonchev–Trinajstić information content (AvgIpc) is 2.95. The van der Waals surface area contributed by atoms with Crippen LogP contribution in [0.25, 0.3) is 6.08 Å².